The van der Waals surface area contributed by atoms with Crippen LogP contribution in [-0.4, -0.2) is 36.6 Å². The second-order valence-electron chi connectivity index (χ2n) is 5.80. The SMILES string of the molecule is COc1cc(NC(=O)c2c(C)nc3c(C)cccn23)cc(OC)c1OC. The molecule has 3 aromatic rings. The van der Waals surface area contributed by atoms with E-state index in [4.69, 9.17) is 14.2 Å². The zero-order chi connectivity index (χ0) is 18.8. The molecule has 0 aliphatic rings. The van der Waals surface area contributed by atoms with Crippen molar-refractivity contribution in [2.24, 2.45) is 0 Å². The number of amides is 1. The number of imidazole rings is 1. The average molecular weight is 355 g/mol. The number of nitrogens with one attached hydrogen (secondary N) is 1. The number of anilines is 1. The molecular weight excluding hydrogens is 334 g/mol. The number of pyridine rings is 1. The number of methoxy groups -OCH3 is 3. The normalized spacial score (nSPS) is 10.7. The third-order valence-corrected chi connectivity index (χ3v) is 4.16. The highest BCUT2D eigenvalue weighted by atomic mass is 16.5. The summed E-state index contributed by atoms with van der Waals surface area (Å²) in [5.41, 5.74) is 3.44. The second-order valence-corrected chi connectivity index (χ2v) is 5.80. The lowest BCUT2D eigenvalue weighted by Gasteiger charge is -2.14. The number of carbonyl (C=O) groups excluding carboxylic acids is 1. The van der Waals surface area contributed by atoms with E-state index in [1.807, 2.05) is 32.2 Å². The highest BCUT2D eigenvalue weighted by Gasteiger charge is 2.19. The van der Waals surface area contributed by atoms with E-state index in [-0.39, 0.29) is 5.91 Å². The summed E-state index contributed by atoms with van der Waals surface area (Å²) in [5.74, 6) is 1.13. The molecule has 0 unspecified atom stereocenters. The maximum Gasteiger partial charge on any atom is 0.274 e. The van der Waals surface area contributed by atoms with Gasteiger partial charge in [0.2, 0.25) is 5.75 Å². The molecular formula is C19H21N3O4. The van der Waals surface area contributed by atoms with Gasteiger partial charge in [0.15, 0.2) is 11.5 Å². The first-order valence-electron chi connectivity index (χ1n) is 8.05. The van der Waals surface area contributed by atoms with Crippen molar-refractivity contribution >= 4 is 17.2 Å². The Bertz CT molecular complexity index is 953. The summed E-state index contributed by atoms with van der Waals surface area (Å²) in [6.45, 7) is 3.78. The standard InChI is InChI=1S/C19H21N3O4/c1-11-7-6-8-22-16(12(2)20-18(11)22)19(23)21-13-9-14(24-3)17(26-5)15(10-13)25-4/h6-10H,1-5H3,(H,21,23). The third-order valence-electron chi connectivity index (χ3n) is 4.16. The molecule has 0 saturated heterocycles. The molecule has 0 bridgehead atoms. The molecule has 26 heavy (non-hydrogen) atoms. The number of hydrogen-bond acceptors (Lipinski definition) is 5. The first-order valence-corrected chi connectivity index (χ1v) is 8.05. The third kappa shape index (κ3) is 2.92. The highest BCUT2D eigenvalue weighted by Crippen LogP contribution is 2.40. The Hall–Kier alpha value is -3.22. The number of carbonyl (C=O) groups is 1. The molecule has 0 atom stereocenters. The Morgan fingerprint density at radius 3 is 2.31 bits per heavy atom. The van der Waals surface area contributed by atoms with Gasteiger partial charge in [-0.1, -0.05) is 6.07 Å². The lowest BCUT2D eigenvalue weighted by molar-refractivity contribution is 0.102. The molecule has 1 amide bonds. The van der Waals surface area contributed by atoms with Gasteiger partial charge < -0.3 is 19.5 Å². The Morgan fingerprint density at radius 2 is 1.73 bits per heavy atom. The van der Waals surface area contributed by atoms with Gasteiger partial charge in [-0.15, -0.1) is 0 Å². The Morgan fingerprint density at radius 1 is 1.08 bits per heavy atom. The summed E-state index contributed by atoms with van der Waals surface area (Å²) in [4.78, 5) is 17.4. The quantitative estimate of drug-likeness (QED) is 0.761. The van der Waals surface area contributed by atoms with E-state index >= 15 is 0 Å². The molecule has 0 aliphatic heterocycles. The summed E-state index contributed by atoms with van der Waals surface area (Å²) in [5, 5.41) is 2.88. The molecule has 136 valence electrons. The summed E-state index contributed by atoms with van der Waals surface area (Å²) < 4.78 is 17.7. The number of aryl methyl sites for hydroxylation is 2. The van der Waals surface area contributed by atoms with Gasteiger partial charge in [-0.3, -0.25) is 9.20 Å². The van der Waals surface area contributed by atoms with Crippen molar-refractivity contribution in [2.45, 2.75) is 13.8 Å². The fraction of sp³-hybridized carbons (Fsp3) is 0.263. The summed E-state index contributed by atoms with van der Waals surface area (Å²) >= 11 is 0. The molecule has 0 radical (unpaired) electrons. The number of rotatable bonds is 5. The number of hydrogen-bond donors (Lipinski definition) is 1. The zero-order valence-electron chi connectivity index (χ0n) is 15.4. The van der Waals surface area contributed by atoms with Gasteiger partial charge in [-0.05, 0) is 25.5 Å². The van der Waals surface area contributed by atoms with Crippen molar-refractivity contribution in [3.8, 4) is 17.2 Å². The van der Waals surface area contributed by atoms with Crippen LogP contribution in [0.25, 0.3) is 5.65 Å². The minimum atomic E-state index is -0.269. The molecule has 7 heteroatoms. The van der Waals surface area contributed by atoms with E-state index in [2.05, 4.69) is 10.3 Å². The van der Waals surface area contributed by atoms with Gasteiger partial charge in [0.1, 0.15) is 11.3 Å². The van der Waals surface area contributed by atoms with Crippen LogP contribution in [-0.2, 0) is 0 Å². The number of ether oxygens (including phenoxy) is 3. The Kier molecular flexibility index (Phi) is 4.71. The van der Waals surface area contributed by atoms with Crippen molar-refractivity contribution in [2.75, 3.05) is 26.6 Å². The number of nitrogens with zero attached hydrogens (tertiary/aromatic N) is 2. The molecule has 0 spiro atoms. The van der Waals surface area contributed by atoms with E-state index in [0.717, 1.165) is 11.2 Å². The van der Waals surface area contributed by atoms with Crippen LogP contribution in [0.4, 0.5) is 5.69 Å². The van der Waals surface area contributed by atoms with Gasteiger partial charge in [0.25, 0.3) is 5.91 Å². The van der Waals surface area contributed by atoms with Crippen molar-refractivity contribution in [3.63, 3.8) is 0 Å². The van der Waals surface area contributed by atoms with E-state index in [1.165, 1.54) is 21.3 Å². The monoisotopic (exact) mass is 355 g/mol. The highest BCUT2D eigenvalue weighted by molar-refractivity contribution is 6.04. The van der Waals surface area contributed by atoms with Crippen molar-refractivity contribution in [1.29, 1.82) is 0 Å². The topological polar surface area (TPSA) is 74.1 Å². The molecule has 0 saturated carbocycles. The van der Waals surface area contributed by atoms with Crippen LogP contribution in [0, 0.1) is 13.8 Å². The molecule has 2 heterocycles. The number of fused-ring (bicyclic) bond motifs is 1. The van der Waals surface area contributed by atoms with E-state index in [1.54, 1.807) is 16.5 Å². The summed E-state index contributed by atoms with van der Waals surface area (Å²) in [6.07, 6.45) is 1.83. The Labute approximate surface area is 151 Å². The van der Waals surface area contributed by atoms with Crippen molar-refractivity contribution in [3.05, 3.63) is 47.4 Å². The van der Waals surface area contributed by atoms with E-state index in [9.17, 15) is 4.79 Å². The van der Waals surface area contributed by atoms with Crippen LogP contribution in [0.5, 0.6) is 17.2 Å². The maximum absolute atomic E-state index is 12.9. The smallest absolute Gasteiger partial charge is 0.274 e. The first kappa shape index (κ1) is 17.6. The van der Waals surface area contributed by atoms with E-state index < -0.39 is 0 Å². The summed E-state index contributed by atoms with van der Waals surface area (Å²) in [6, 6.07) is 7.22. The average Bonchev–Trinajstić information content (AvgIpc) is 2.98. The van der Waals surface area contributed by atoms with Crippen LogP contribution in [0.3, 0.4) is 0 Å². The van der Waals surface area contributed by atoms with E-state index in [0.29, 0.717) is 34.3 Å². The van der Waals surface area contributed by atoms with Crippen LogP contribution in [0.15, 0.2) is 30.5 Å². The molecule has 1 aromatic carbocycles. The molecule has 7 nitrogen and oxygen atoms in total. The van der Waals surface area contributed by atoms with Crippen LogP contribution in [0.1, 0.15) is 21.7 Å². The van der Waals surface area contributed by atoms with Gasteiger partial charge in [-0.25, -0.2) is 4.98 Å². The number of aromatic nitrogens is 2. The van der Waals surface area contributed by atoms with Gasteiger partial charge in [-0.2, -0.15) is 0 Å². The fourth-order valence-corrected chi connectivity index (χ4v) is 2.93. The molecule has 0 fully saturated rings. The fourth-order valence-electron chi connectivity index (χ4n) is 2.93. The predicted octanol–water partition coefficient (Wildman–Crippen LogP) is 3.23. The second kappa shape index (κ2) is 6.95. The first-order chi connectivity index (χ1) is 12.5. The molecule has 3 rings (SSSR count). The van der Waals surface area contributed by atoms with Gasteiger partial charge in [0, 0.05) is 24.0 Å². The summed E-state index contributed by atoms with van der Waals surface area (Å²) in [7, 11) is 4.59. The largest absolute Gasteiger partial charge is 0.493 e. The molecule has 2 aromatic heterocycles. The zero-order valence-corrected chi connectivity index (χ0v) is 15.4. The van der Waals surface area contributed by atoms with Crippen molar-refractivity contribution < 1.29 is 19.0 Å². The van der Waals surface area contributed by atoms with Gasteiger partial charge >= 0.3 is 0 Å². The predicted molar refractivity (Wildman–Crippen MR) is 98.7 cm³/mol. The lowest BCUT2D eigenvalue weighted by atomic mass is 10.2. The maximum atomic E-state index is 12.9. The Balaban J connectivity index is 2.01. The van der Waals surface area contributed by atoms with Crippen LogP contribution in [0.2, 0.25) is 0 Å². The van der Waals surface area contributed by atoms with Gasteiger partial charge in [0.05, 0.1) is 27.0 Å². The van der Waals surface area contributed by atoms with Crippen LogP contribution < -0.4 is 19.5 Å². The molecule has 0 aliphatic carbocycles. The minimum absolute atomic E-state index is 0.269. The van der Waals surface area contributed by atoms with Crippen molar-refractivity contribution in [1.82, 2.24) is 9.38 Å². The number of benzene rings is 1. The van der Waals surface area contributed by atoms with Crippen LogP contribution >= 0.6 is 0 Å². The lowest BCUT2D eigenvalue weighted by Crippen LogP contribution is -2.16. The minimum Gasteiger partial charge on any atom is -0.493 e. The molecule has 1 N–H and O–H groups in total.